The Balaban J connectivity index is 1.93. The zero-order valence-electron chi connectivity index (χ0n) is 10.8. The lowest BCUT2D eigenvalue weighted by Gasteiger charge is -2.01. The summed E-state index contributed by atoms with van der Waals surface area (Å²) in [6.45, 7) is 2.26. The average Bonchev–Trinajstić information content (AvgIpc) is 3.19. The molecule has 0 unspecified atom stereocenters. The average molecular weight is 256 g/mol. The molecule has 1 heterocycles. The second kappa shape index (κ2) is 4.53. The van der Waals surface area contributed by atoms with E-state index in [1.54, 1.807) is 6.92 Å². The van der Waals surface area contributed by atoms with Crippen molar-refractivity contribution in [1.29, 1.82) is 0 Å². The molecule has 0 aliphatic heterocycles. The zero-order chi connectivity index (χ0) is 13.4. The third kappa shape index (κ3) is 2.26. The van der Waals surface area contributed by atoms with E-state index in [1.165, 1.54) is 4.68 Å². The van der Waals surface area contributed by atoms with Gasteiger partial charge in [-0.05, 0) is 25.3 Å². The van der Waals surface area contributed by atoms with E-state index in [4.69, 9.17) is 0 Å². The highest BCUT2D eigenvalue weighted by atomic mass is 16.2. The predicted octanol–water partition coefficient (Wildman–Crippen LogP) is 2.13. The summed E-state index contributed by atoms with van der Waals surface area (Å²) in [5, 5.41) is 3.01. The summed E-state index contributed by atoms with van der Waals surface area (Å²) in [5.41, 5.74) is 1.87. The van der Waals surface area contributed by atoms with Crippen LogP contribution in [-0.4, -0.2) is 15.6 Å². The topological polar surface area (TPSA) is 54.9 Å². The Kier molecular flexibility index (Phi) is 2.85. The molecule has 4 heteroatoms. The van der Waals surface area contributed by atoms with Gasteiger partial charge in [0.15, 0.2) is 5.78 Å². The number of aromatic nitrogens is 2. The molecule has 1 fully saturated rings. The van der Waals surface area contributed by atoms with Crippen LogP contribution in [0.1, 0.15) is 34.5 Å². The number of hydrogen-bond acceptors (Lipinski definition) is 2. The van der Waals surface area contributed by atoms with Crippen LogP contribution in [0.15, 0.2) is 35.1 Å². The molecule has 3 rings (SSSR count). The molecule has 98 valence electrons. The van der Waals surface area contributed by atoms with E-state index in [2.05, 4.69) is 5.10 Å². The molecule has 1 N–H and O–H groups in total. The molecule has 1 aliphatic rings. The molecular weight excluding hydrogens is 240 g/mol. The first-order valence-electron chi connectivity index (χ1n) is 6.54. The van der Waals surface area contributed by atoms with E-state index in [-0.39, 0.29) is 17.3 Å². The monoisotopic (exact) mass is 256 g/mol. The summed E-state index contributed by atoms with van der Waals surface area (Å²) in [7, 11) is 0. The second-order valence-electron chi connectivity index (χ2n) is 5.13. The van der Waals surface area contributed by atoms with Gasteiger partial charge < -0.3 is 0 Å². The Morgan fingerprint density at radius 2 is 2.00 bits per heavy atom. The minimum atomic E-state index is -0.196. The molecule has 4 nitrogen and oxygen atoms in total. The van der Waals surface area contributed by atoms with E-state index < -0.39 is 0 Å². The number of rotatable bonds is 4. The van der Waals surface area contributed by atoms with Crippen molar-refractivity contribution in [3.8, 4) is 0 Å². The Hall–Kier alpha value is -2.10. The number of ketones is 1. The van der Waals surface area contributed by atoms with Gasteiger partial charge in [0.1, 0.15) is 5.56 Å². The van der Waals surface area contributed by atoms with Crippen LogP contribution in [0, 0.1) is 12.8 Å². The van der Waals surface area contributed by atoms with E-state index in [9.17, 15) is 9.59 Å². The largest absolute Gasteiger partial charge is 0.299 e. The maximum atomic E-state index is 12.3. The Morgan fingerprint density at radius 3 is 2.63 bits per heavy atom. The van der Waals surface area contributed by atoms with Gasteiger partial charge in [0, 0.05) is 11.6 Å². The van der Waals surface area contributed by atoms with Crippen molar-refractivity contribution >= 4 is 5.78 Å². The van der Waals surface area contributed by atoms with Gasteiger partial charge in [-0.15, -0.1) is 0 Å². The normalized spacial score (nSPS) is 14.6. The van der Waals surface area contributed by atoms with Crippen LogP contribution >= 0.6 is 0 Å². The molecule has 1 aliphatic carbocycles. The molecule has 0 spiro atoms. The SMILES string of the molecule is Cc1[nH]n(Cc2ccccc2)c(=O)c1C(=O)C1CC1. The summed E-state index contributed by atoms with van der Waals surface area (Å²) in [4.78, 5) is 24.4. The van der Waals surface area contributed by atoms with Crippen LogP contribution in [0.3, 0.4) is 0 Å². The highest BCUT2D eigenvalue weighted by Gasteiger charge is 2.34. The highest BCUT2D eigenvalue weighted by Crippen LogP contribution is 2.32. The van der Waals surface area contributed by atoms with Crippen molar-refractivity contribution in [3.05, 3.63) is 57.5 Å². The molecule has 2 aromatic rings. The minimum Gasteiger partial charge on any atom is -0.299 e. The van der Waals surface area contributed by atoms with Crippen molar-refractivity contribution in [2.24, 2.45) is 5.92 Å². The predicted molar refractivity (Wildman–Crippen MR) is 72.4 cm³/mol. The van der Waals surface area contributed by atoms with Crippen LogP contribution in [-0.2, 0) is 6.54 Å². The van der Waals surface area contributed by atoms with Crippen molar-refractivity contribution in [2.75, 3.05) is 0 Å². The van der Waals surface area contributed by atoms with Gasteiger partial charge in [0.05, 0.1) is 6.54 Å². The molecule has 1 aromatic carbocycles. The highest BCUT2D eigenvalue weighted by molar-refractivity contribution is 5.99. The fourth-order valence-corrected chi connectivity index (χ4v) is 2.32. The lowest BCUT2D eigenvalue weighted by atomic mass is 10.1. The Morgan fingerprint density at radius 1 is 1.32 bits per heavy atom. The van der Waals surface area contributed by atoms with Crippen LogP contribution in [0.4, 0.5) is 0 Å². The molecule has 1 saturated carbocycles. The summed E-state index contributed by atoms with van der Waals surface area (Å²) in [6.07, 6.45) is 1.84. The number of nitrogens with zero attached hydrogens (tertiary/aromatic N) is 1. The number of carbonyl (C=O) groups is 1. The summed E-state index contributed by atoms with van der Waals surface area (Å²) in [6, 6.07) is 9.74. The summed E-state index contributed by atoms with van der Waals surface area (Å²) in [5.74, 6) is 0.0814. The zero-order valence-corrected chi connectivity index (χ0v) is 10.8. The Labute approximate surface area is 111 Å². The molecule has 1 aromatic heterocycles. The molecule has 0 amide bonds. The third-order valence-electron chi connectivity index (χ3n) is 3.51. The van der Waals surface area contributed by atoms with E-state index in [0.717, 1.165) is 18.4 Å². The van der Waals surface area contributed by atoms with E-state index in [1.807, 2.05) is 30.3 Å². The number of aryl methyl sites for hydroxylation is 1. The first-order valence-corrected chi connectivity index (χ1v) is 6.54. The summed E-state index contributed by atoms with van der Waals surface area (Å²) >= 11 is 0. The van der Waals surface area contributed by atoms with Crippen molar-refractivity contribution < 1.29 is 4.79 Å². The van der Waals surface area contributed by atoms with Crippen LogP contribution in [0.25, 0.3) is 0 Å². The van der Waals surface area contributed by atoms with E-state index >= 15 is 0 Å². The van der Waals surface area contributed by atoms with Gasteiger partial charge in [-0.2, -0.15) is 0 Å². The standard InChI is InChI=1S/C15H16N2O2/c1-10-13(14(18)12-7-8-12)15(19)17(16-10)9-11-5-3-2-4-6-11/h2-6,12,16H,7-9H2,1H3. The van der Waals surface area contributed by atoms with Crippen LogP contribution in [0.2, 0.25) is 0 Å². The van der Waals surface area contributed by atoms with Crippen molar-refractivity contribution in [3.63, 3.8) is 0 Å². The lowest BCUT2D eigenvalue weighted by Crippen LogP contribution is -2.22. The summed E-state index contributed by atoms with van der Waals surface area (Å²) < 4.78 is 1.51. The minimum absolute atomic E-state index is 0.00515. The van der Waals surface area contributed by atoms with E-state index in [0.29, 0.717) is 17.8 Å². The number of benzene rings is 1. The van der Waals surface area contributed by atoms with Gasteiger partial charge in [0.2, 0.25) is 0 Å². The molecule has 0 radical (unpaired) electrons. The van der Waals surface area contributed by atoms with Gasteiger partial charge in [-0.1, -0.05) is 30.3 Å². The molecule has 0 bridgehead atoms. The number of aromatic amines is 1. The number of Topliss-reactive ketones (excluding diaryl/α,β-unsaturated/α-hetero) is 1. The van der Waals surface area contributed by atoms with Crippen molar-refractivity contribution in [2.45, 2.75) is 26.3 Å². The molecule has 19 heavy (non-hydrogen) atoms. The number of hydrogen-bond donors (Lipinski definition) is 1. The maximum Gasteiger partial charge on any atom is 0.277 e. The number of H-pyrrole nitrogens is 1. The molecule has 0 saturated heterocycles. The third-order valence-corrected chi connectivity index (χ3v) is 3.51. The maximum absolute atomic E-state index is 12.3. The fourth-order valence-electron chi connectivity index (χ4n) is 2.32. The first kappa shape index (κ1) is 12.0. The van der Waals surface area contributed by atoms with Crippen molar-refractivity contribution in [1.82, 2.24) is 9.78 Å². The van der Waals surface area contributed by atoms with Crippen LogP contribution in [0.5, 0.6) is 0 Å². The molecular formula is C15H16N2O2. The fraction of sp³-hybridized carbons (Fsp3) is 0.333. The quantitative estimate of drug-likeness (QED) is 0.852. The lowest BCUT2D eigenvalue weighted by molar-refractivity contribution is 0.0966. The van der Waals surface area contributed by atoms with Gasteiger partial charge in [-0.3, -0.25) is 14.7 Å². The smallest absolute Gasteiger partial charge is 0.277 e. The number of nitrogens with one attached hydrogen (secondary N) is 1. The van der Waals surface area contributed by atoms with Gasteiger partial charge in [-0.25, -0.2) is 4.68 Å². The molecule has 0 atom stereocenters. The first-order chi connectivity index (χ1) is 9.16. The second-order valence-corrected chi connectivity index (χ2v) is 5.13. The van der Waals surface area contributed by atoms with Gasteiger partial charge >= 0.3 is 0 Å². The van der Waals surface area contributed by atoms with Crippen LogP contribution < -0.4 is 5.56 Å². The number of carbonyl (C=O) groups excluding carboxylic acids is 1. The Bertz CT molecular complexity index is 663. The van der Waals surface area contributed by atoms with Gasteiger partial charge in [0.25, 0.3) is 5.56 Å².